The summed E-state index contributed by atoms with van der Waals surface area (Å²) in [5, 5.41) is 12.0. The molecular weight excluding hydrogens is 274 g/mol. The minimum Gasteiger partial charge on any atom is -0.618 e. The first-order valence-electron chi connectivity index (χ1n) is 5.82. The monoisotopic (exact) mass is 289 g/mol. The predicted octanol–water partition coefficient (Wildman–Crippen LogP) is 4.39. The van der Waals surface area contributed by atoms with Crippen LogP contribution in [0.3, 0.4) is 0 Å². The Morgan fingerprint density at radius 1 is 0.842 bits per heavy atom. The van der Waals surface area contributed by atoms with E-state index in [-0.39, 0.29) is 0 Å². The summed E-state index contributed by atoms with van der Waals surface area (Å²) in [6.07, 6.45) is 5.65. The second-order valence-corrected chi connectivity index (χ2v) is 5.69. The fraction of sp³-hybridized carbons (Fsp3) is 0.133. The average Bonchev–Trinajstić information content (AvgIpc) is 2.48. The normalized spacial score (nSPS) is 11.6. The summed E-state index contributed by atoms with van der Waals surface area (Å²) in [6.45, 7) is 0. The van der Waals surface area contributed by atoms with E-state index in [1.165, 1.54) is 4.90 Å². The second kappa shape index (κ2) is 6.68. The van der Waals surface area contributed by atoms with E-state index in [0.29, 0.717) is 5.69 Å². The van der Waals surface area contributed by atoms with Crippen LogP contribution in [0.4, 0.5) is 5.69 Å². The highest BCUT2D eigenvalue weighted by Gasteiger charge is 2.02. The molecule has 0 fully saturated rings. The van der Waals surface area contributed by atoms with Crippen molar-refractivity contribution in [1.29, 1.82) is 0 Å². The van der Waals surface area contributed by atoms with Crippen molar-refractivity contribution in [2.24, 2.45) is 0 Å². The van der Waals surface area contributed by atoms with Crippen LogP contribution in [0.2, 0.25) is 0 Å². The molecule has 2 nitrogen and oxygen atoms in total. The van der Waals surface area contributed by atoms with Gasteiger partial charge in [0.05, 0.1) is 0 Å². The SMILES string of the molecule is CSc1ccc(/C=[N+](\[O-])c2ccc(SC)cc2)cc1. The van der Waals surface area contributed by atoms with E-state index in [1.807, 2.05) is 61.0 Å². The summed E-state index contributed by atoms with van der Waals surface area (Å²) >= 11 is 3.35. The molecule has 0 saturated heterocycles. The lowest BCUT2D eigenvalue weighted by Gasteiger charge is -2.04. The maximum absolute atomic E-state index is 12.0. The zero-order chi connectivity index (χ0) is 13.7. The van der Waals surface area contributed by atoms with E-state index in [0.717, 1.165) is 15.2 Å². The highest BCUT2D eigenvalue weighted by Crippen LogP contribution is 2.19. The van der Waals surface area contributed by atoms with Gasteiger partial charge in [-0.25, -0.2) is 0 Å². The lowest BCUT2D eigenvalue weighted by atomic mass is 10.2. The second-order valence-electron chi connectivity index (χ2n) is 3.93. The number of hydrogen-bond acceptors (Lipinski definition) is 3. The molecule has 0 atom stereocenters. The molecule has 2 rings (SSSR count). The highest BCUT2D eigenvalue weighted by molar-refractivity contribution is 7.98. The Balaban J connectivity index is 2.20. The van der Waals surface area contributed by atoms with Gasteiger partial charge >= 0.3 is 0 Å². The van der Waals surface area contributed by atoms with Gasteiger partial charge in [0.2, 0.25) is 5.69 Å². The van der Waals surface area contributed by atoms with Gasteiger partial charge in [0.15, 0.2) is 6.21 Å². The fourth-order valence-electron chi connectivity index (χ4n) is 1.63. The first-order chi connectivity index (χ1) is 9.22. The Morgan fingerprint density at radius 2 is 1.32 bits per heavy atom. The van der Waals surface area contributed by atoms with Crippen molar-refractivity contribution < 1.29 is 4.74 Å². The maximum Gasteiger partial charge on any atom is 0.216 e. The van der Waals surface area contributed by atoms with Crippen molar-refractivity contribution in [2.45, 2.75) is 9.79 Å². The van der Waals surface area contributed by atoms with Gasteiger partial charge in [-0.1, -0.05) is 0 Å². The lowest BCUT2D eigenvalue weighted by molar-refractivity contribution is -0.354. The van der Waals surface area contributed by atoms with Gasteiger partial charge in [-0.05, 0) is 48.9 Å². The van der Waals surface area contributed by atoms with Crippen molar-refractivity contribution >= 4 is 35.4 Å². The molecule has 0 aliphatic heterocycles. The summed E-state index contributed by atoms with van der Waals surface area (Å²) in [7, 11) is 0. The smallest absolute Gasteiger partial charge is 0.216 e. The predicted molar refractivity (Wildman–Crippen MR) is 84.9 cm³/mol. The maximum atomic E-state index is 12.0. The van der Waals surface area contributed by atoms with Crippen LogP contribution in [0.25, 0.3) is 0 Å². The van der Waals surface area contributed by atoms with Crippen LogP contribution >= 0.6 is 23.5 Å². The van der Waals surface area contributed by atoms with E-state index in [9.17, 15) is 5.21 Å². The van der Waals surface area contributed by atoms with Crippen LogP contribution in [0.1, 0.15) is 5.56 Å². The number of thioether (sulfide) groups is 2. The van der Waals surface area contributed by atoms with Crippen LogP contribution in [0.15, 0.2) is 58.3 Å². The third-order valence-corrected chi connectivity index (χ3v) is 4.20. The van der Waals surface area contributed by atoms with Gasteiger partial charge in [0.25, 0.3) is 0 Å². The molecular formula is C15H15NOS2. The van der Waals surface area contributed by atoms with E-state index in [1.54, 1.807) is 29.7 Å². The molecule has 0 radical (unpaired) electrons. The zero-order valence-electron chi connectivity index (χ0n) is 10.9. The molecule has 98 valence electrons. The van der Waals surface area contributed by atoms with Crippen LogP contribution in [0, 0.1) is 5.21 Å². The van der Waals surface area contributed by atoms with Crippen LogP contribution < -0.4 is 0 Å². The summed E-state index contributed by atoms with van der Waals surface area (Å²) in [4.78, 5) is 2.35. The Bertz CT molecular complexity index is 562. The highest BCUT2D eigenvalue weighted by atomic mass is 32.2. The molecule has 0 amide bonds. The van der Waals surface area contributed by atoms with Crippen LogP contribution in [0.5, 0.6) is 0 Å². The Labute approximate surface area is 122 Å². The summed E-state index contributed by atoms with van der Waals surface area (Å²) in [6, 6.07) is 15.5. The molecule has 0 unspecified atom stereocenters. The van der Waals surface area contributed by atoms with Gasteiger partial charge in [0.1, 0.15) is 0 Å². The molecule has 0 bridgehead atoms. The van der Waals surface area contributed by atoms with Crippen molar-refractivity contribution in [3.8, 4) is 0 Å². The number of nitrogens with zero attached hydrogens (tertiary/aromatic N) is 1. The number of rotatable bonds is 4. The van der Waals surface area contributed by atoms with Gasteiger partial charge in [-0.2, -0.15) is 4.74 Å². The first kappa shape index (κ1) is 14.0. The molecule has 0 aliphatic rings. The van der Waals surface area contributed by atoms with Crippen molar-refractivity contribution in [1.82, 2.24) is 0 Å². The summed E-state index contributed by atoms with van der Waals surface area (Å²) in [5.74, 6) is 0. The molecule has 0 heterocycles. The third kappa shape index (κ3) is 3.78. The Kier molecular flexibility index (Phi) is 4.93. The van der Waals surface area contributed by atoms with Crippen LogP contribution in [-0.4, -0.2) is 23.5 Å². The van der Waals surface area contributed by atoms with Gasteiger partial charge in [-0.15, -0.1) is 23.5 Å². The summed E-state index contributed by atoms with van der Waals surface area (Å²) < 4.78 is 0.901. The van der Waals surface area contributed by atoms with Crippen LogP contribution in [-0.2, 0) is 0 Å². The molecule has 0 aliphatic carbocycles. The van der Waals surface area contributed by atoms with Gasteiger partial charge < -0.3 is 5.21 Å². The topological polar surface area (TPSA) is 26.1 Å². The average molecular weight is 289 g/mol. The minimum atomic E-state index is 0.645. The van der Waals surface area contributed by atoms with E-state index >= 15 is 0 Å². The third-order valence-electron chi connectivity index (χ3n) is 2.71. The summed E-state index contributed by atoms with van der Waals surface area (Å²) in [5.41, 5.74) is 1.55. The lowest BCUT2D eigenvalue weighted by Crippen LogP contribution is -1.98. The van der Waals surface area contributed by atoms with Crippen molar-refractivity contribution in [3.63, 3.8) is 0 Å². The van der Waals surface area contributed by atoms with Crippen molar-refractivity contribution in [2.75, 3.05) is 12.5 Å². The standard InChI is InChI=1S/C15H15NOS2/c1-18-14-7-3-12(4-8-14)11-16(17)13-5-9-15(19-2)10-6-13/h3-11H,1-2H3/b16-11-. The van der Waals surface area contributed by atoms with E-state index in [4.69, 9.17) is 0 Å². The largest absolute Gasteiger partial charge is 0.618 e. The molecule has 19 heavy (non-hydrogen) atoms. The Hall–Kier alpha value is -1.39. The number of hydrogen-bond donors (Lipinski definition) is 0. The van der Waals surface area contributed by atoms with E-state index in [2.05, 4.69) is 0 Å². The number of benzene rings is 2. The van der Waals surface area contributed by atoms with Crippen molar-refractivity contribution in [3.05, 3.63) is 59.3 Å². The minimum absolute atomic E-state index is 0.645. The molecule has 0 aromatic heterocycles. The molecule has 0 saturated carbocycles. The van der Waals surface area contributed by atoms with E-state index < -0.39 is 0 Å². The van der Waals surface area contributed by atoms with Gasteiger partial charge in [-0.3, -0.25) is 0 Å². The molecule has 2 aromatic carbocycles. The molecule has 2 aromatic rings. The Morgan fingerprint density at radius 3 is 1.79 bits per heavy atom. The molecule has 0 N–H and O–H groups in total. The molecule has 4 heteroatoms. The fourth-order valence-corrected chi connectivity index (χ4v) is 2.45. The molecule has 0 spiro atoms. The zero-order valence-corrected chi connectivity index (χ0v) is 12.5. The first-order valence-corrected chi connectivity index (χ1v) is 8.27. The van der Waals surface area contributed by atoms with Gasteiger partial charge in [0, 0.05) is 27.5 Å². The quantitative estimate of drug-likeness (QED) is 0.274.